The molecular weight excluding hydrogens is 349 g/mol. The number of anilines is 1. The van der Waals surface area contributed by atoms with Crippen LogP contribution in [0.3, 0.4) is 0 Å². The number of hydrogen-bond donors (Lipinski definition) is 3. The first-order valence-electron chi connectivity index (χ1n) is 9.09. The summed E-state index contributed by atoms with van der Waals surface area (Å²) in [7, 11) is 0. The molecule has 6 nitrogen and oxygen atoms in total. The molecule has 2 aromatic rings. The van der Waals surface area contributed by atoms with Gasteiger partial charge in [-0.3, -0.25) is 4.79 Å². The van der Waals surface area contributed by atoms with E-state index in [4.69, 9.17) is 4.74 Å². The molecule has 27 heavy (non-hydrogen) atoms. The lowest BCUT2D eigenvalue weighted by Gasteiger charge is -2.34. The maximum atomic E-state index is 13.1. The number of fused-ring (bicyclic) bond motifs is 1. The molecule has 4 rings (SSSR count). The van der Waals surface area contributed by atoms with E-state index in [1.54, 1.807) is 0 Å². The monoisotopic (exact) mass is 371 g/mol. The minimum Gasteiger partial charge on any atom is -0.490 e. The molecule has 1 saturated heterocycles. The molecule has 0 aliphatic carbocycles. The van der Waals surface area contributed by atoms with E-state index in [1.807, 2.05) is 18.2 Å². The van der Waals surface area contributed by atoms with Crippen LogP contribution in [0.15, 0.2) is 42.5 Å². The minimum atomic E-state index is -0.861. The lowest BCUT2D eigenvalue weighted by molar-refractivity contribution is 0.0502. The topological polar surface area (TPSA) is 73.8 Å². The zero-order valence-corrected chi connectivity index (χ0v) is 14.8. The number of aliphatic hydroxyl groups is 1. The minimum absolute atomic E-state index is 0.106. The maximum Gasteiger partial charge on any atom is 0.251 e. The molecule has 0 aromatic heterocycles. The van der Waals surface area contributed by atoms with Crippen molar-refractivity contribution in [3.05, 3.63) is 59.4 Å². The number of amides is 1. The fraction of sp³-hybridized carbons (Fsp3) is 0.350. The normalized spacial score (nSPS) is 21.9. The molecule has 1 fully saturated rings. The molecule has 0 saturated carbocycles. The molecule has 2 aromatic carbocycles. The van der Waals surface area contributed by atoms with Crippen LogP contribution in [0.2, 0.25) is 0 Å². The zero-order valence-electron chi connectivity index (χ0n) is 14.8. The van der Waals surface area contributed by atoms with Crippen LogP contribution in [-0.4, -0.2) is 49.9 Å². The van der Waals surface area contributed by atoms with Gasteiger partial charge in [-0.2, -0.15) is 0 Å². The third-order valence-electron chi connectivity index (χ3n) is 5.00. The van der Waals surface area contributed by atoms with Crippen LogP contribution in [0.1, 0.15) is 22.0 Å². The van der Waals surface area contributed by atoms with Crippen LogP contribution >= 0.6 is 0 Å². The van der Waals surface area contributed by atoms with Crippen LogP contribution in [0.5, 0.6) is 5.75 Å². The Morgan fingerprint density at radius 1 is 1.19 bits per heavy atom. The molecule has 0 radical (unpaired) electrons. The second-order valence-corrected chi connectivity index (χ2v) is 6.80. The summed E-state index contributed by atoms with van der Waals surface area (Å²) in [5.74, 6) is -0.105. The summed E-state index contributed by atoms with van der Waals surface area (Å²) in [6.45, 7) is 3.74. The summed E-state index contributed by atoms with van der Waals surface area (Å²) in [6.07, 6.45) is -0.861. The number of ether oxygens (including phenoxy) is 1. The van der Waals surface area contributed by atoms with E-state index in [0.29, 0.717) is 11.3 Å². The number of hydrogen-bond acceptors (Lipinski definition) is 5. The van der Waals surface area contributed by atoms with E-state index in [-0.39, 0.29) is 12.5 Å². The van der Waals surface area contributed by atoms with E-state index in [9.17, 15) is 14.3 Å². The smallest absolute Gasteiger partial charge is 0.251 e. The summed E-state index contributed by atoms with van der Waals surface area (Å²) in [5.41, 5.74) is 2.13. The number of piperazine rings is 1. The largest absolute Gasteiger partial charge is 0.490 e. The van der Waals surface area contributed by atoms with Gasteiger partial charge in [0, 0.05) is 43.0 Å². The van der Waals surface area contributed by atoms with Crippen LogP contribution in [0.25, 0.3) is 0 Å². The number of carbonyl (C=O) groups is 1. The molecule has 142 valence electrons. The molecule has 2 atom stereocenters. The zero-order chi connectivity index (χ0) is 18.8. The van der Waals surface area contributed by atoms with Gasteiger partial charge in [0.2, 0.25) is 0 Å². The van der Waals surface area contributed by atoms with E-state index >= 15 is 0 Å². The first-order valence-corrected chi connectivity index (χ1v) is 9.09. The summed E-state index contributed by atoms with van der Waals surface area (Å²) >= 11 is 0. The summed E-state index contributed by atoms with van der Waals surface area (Å²) in [6, 6.07) is 10.6. The van der Waals surface area contributed by atoms with Gasteiger partial charge >= 0.3 is 0 Å². The van der Waals surface area contributed by atoms with Gasteiger partial charge < -0.3 is 25.4 Å². The molecule has 2 heterocycles. The Balaban J connectivity index is 1.59. The molecule has 3 N–H and O–H groups in total. The predicted octanol–water partition coefficient (Wildman–Crippen LogP) is 1.46. The number of nitrogens with one attached hydrogen (secondary N) is 2. The third kappa shape index (κ3) is 3.74. The van der Waals surface area contributed by atoms with E-state index in [2.05, 4.69) is 15.5 Å². The Hall–Kier alpha value is -2.64. The average Bonchev–Trinajstić information content (AvgIpc) is 2.71. The number of carbonyl (C=O) groups excluding carboxylic acids is 1. The van der Waals surface area contributed by atoms with Crippen molar-refractivity contribution in [2.45, 2.75) is 12.1 Å². The van der Waals surface area contributed by atoms with Crippen molar-refractivity contribution in [3.63, 3.8) is 0 Å². The first kappa shape index (κ1) is 17.8. The van der Waals surface area contributed by atoms with Crippen molar-refractivity contribution in [3.8, 4) is 5.75 Å². The van der Waals surface area contributed by atoms with Crippen molar-refractivity contribution in [2.75, 3.05) is 37.7 Å². The van der Waals surface area contributed by atoms with Crippen molar-refractivity contribution in [1.82, 2.24) is 10.6 Å². The van der Waals surface area contributed by atoms with Crippen LogP contribution in [0, 0.1) is 5.82 Å². The Morgan fingerprint density at radius 2 is 1.93 bits per heavy atom. The van der Waals surface area contributed by atoms with Crippen molar-refractivity contribution < 1.29 is 19.0 Å². The van der Waals surface area contributed by atoms with Gasteiger partial charge in [-0.15, -0.1) is 0 Å². The maximum absolute atomic E-state index is 13.1. The van der Waals surface area contributed by atoms with Gasteiger partial charge in [0.15, 0.2) is 0 Å². The molecule has 2 aliphatic heterocycles. The van der Waals surface area contributed by atoms with Crippen LogP contribution in [0.4, 0.5) is 10.1 Å². The van der Waals surface area contributed by atoms with E-state index in [1.165, 1.54) is 24.3 Å². The number of rotatable bonds is 3. The van der Waals surface area contributed by atoms with Gasteiger partial charge in [0.1, 0.15) is 24.3 Å². The lowest BCUT2D eigenvalue weighted by atomic mass is 9.96. The van der Waals surface area contributed by atoms with Gasteiger partial charge in [-0.05, 0) is 42.5 Å². The van der Waals surface area contributed by atoms with Gasteiger partial charge in [-0.25, -0.2) is 4.39 Å². The third-order valence-corrected chi connectivity index (χ3v) is 5.00. The molecule has 7 heteroatoms. The predicted molar refractivity (Wildman–Crippen MR) is 99.6 cm³/mol. The Kier molecular flexibility index (Phi) is 4.96. The number of aliphatic hydroxyl groups excluding tert-OH is 1. The fourth-order valence-electron chi connectivity index (χ4n) is 3.51. The van der Waals surface area contributed by atoms with Crippen molar-refractivity contribution >= 4 is 11.6 Å². The molecule has 0 spiro atoms. The second kappa shape index (κ2) is 7.54. The average molecular weight is 371 g/mol. The Morgan fingerprint density at radius 3 is 2.67 bits per heavy atom. The fourth-order valence-corrected chi connectivity index (χ4v) is 3.51. The lowest BCUT2D eigenvalue weighted by Crippen LogP contribution is -2.44. The van der Waals surface area contributed by atoms with Crippen LogP contribution in [-0.2, 0) is 0 Å². The van der Waals surface area contributed by atoms with Crippen molar-refractivity contribution in [1.29, 1.82) is 0 Å². The SMILES string of the molecule is O=C(N[C@H]1c2cc(N3CCNCC3)ccc2OC[C@@H]1O)c1ccc(F)cc1. The second-order valence-electron chi connectivity index (χ2n) is 6.80. The highest BCUT2D eigenvalue weighted by molar-refractivity contribution is 5.94. The highest BCUT2D eigenvalue weighted by Gasteiger charge is 2.32. The first-order chi connectivity index (χ1) is 13.1. The molecule has 0 bridgehead atoms. The van der Waals surface area contributed by atoms with E-state index < -0.39 is 18.0 Å². The van der Waals surface area contributed by atoms with Gasteiger partial charge in [0.05, 0.1) is 6.04 Å². The number of halogens is 1. The van der Waals surface area contributed by atoms with Crippen LogP contribution < -0.4 is 20.3 Å². The van der Waals surface area contributed by atoms with Gasteiger partial charge in [-0.1, -0.05) is 0 Å². The molecular formula is C20H22FN3O3. The van der Waals surface area contributed by atoms with Crippen molar-refractivity contribution in [2.24, 2.45) is 0 Å². The van der Waals surface area contributed by atoms with E-state index in [0.717, 1.165) is 37.4 Å². The Labute approximate surface area is 156 Å². The quantitative estimate of drug-likeness (QED) is 0.762. The molecule has 2 aliphatic rings. The molecule has 0 unspecified atom stereocenters. The molecule has 1 amide bonds. The number of nitrogens with zero attached hydrogens (tertiary/aromatic N) is 1. The highest BCUT2D eigenvalue weighted by Crippen LogP contribution is 2.35. The summed E-state index contributed by atoms with van der Waals surface area (Å²) in [4.78, 5) is 14.8. The highest BCUT2D eigenvalue weighted by atomic mass is 19.1. The van der Waals surface area contributed by atoms with Gasteiger partial charge in [0.25, 0.3) is 5.91 Å². The standard InChI is InChI=1S/C20H22FN3O3/c21-14-3-1-13(2-4-14)20(26)23-19-16-11-15(24-9-7-22-8-10-24)5-6-18(16)27-12-17(19)25/h1-6,11,17,19,22,25H,7-10,12H2,(H,23,26)/t17-,19-/m0/s1. The summed E-state index contributed by atoms with van der Waals surface area (Å²) in [5, 5.41) is 16.6. The number of benzene rings is 2. The Bertz CT molecular complexity index is 822. The summed E-state index contributed by atoms with van der Waals surface area (Å²) < 4.78 is 18.7.